The molecule has 1 nitrogen and oxygen atoms in total. The second-order valence-corrected chi connectivity index (χ2v) is 6.05. The Morgan fingerprint density at radius 1 is 1.26 bits per heavy atom. The number of hydrogen-bond acceptors (Lipinski definition) is 1. The van der Waals surface area contributed by atoms with E-state index in [2.05, 4.69) is 65.0 Å². The van der Waals surface area contributed by atoms with Gasteiger partial charge in [0.1, 0.15) is 11.4 Å². The maximum atomic E-state index is 6.17. The van der Waals surface area contributed by atoms with Gasteiger partial charge in [-0.25, -0.2) is 0 Å². The highest BCUT2D eigenvalue weighted by Crippen LogP contribution is 2.35. The number of rotatable bonds is 3. The number of allylic oxidation sites excluding steroid dienone is 2. The molecule has 2 rings (SSSR count). The van der Waals surface area contributed by atoms with E-state index < -0.39 is 0 Å². The van der Waals surface area contributed by atoms with Crippen LogP contribution in [0, 0.1) is 0 Å². The topological polar surface area (TPSA) is 9.23 Å². The summed E-state index contributed by atoms with van der Waals surface area (Å²) in [5.41, 5.74) is 5.04. The Hall–Kier alpha value is -1.50. The Bertz CT molecular complexity index is 529. The lowest BCUT2D eigenvalue weighted by Gasteiger charge is -2.30. The van der Waals surface area contributed by atoms with Crippen molar-refractivity contribution in [1.82, 2.24) is 0 Å². The fraction of sp³-hybridized carbons (Fsp3) is 0.444. The highest BCUT2D eigenvalue weighted by molar-refractivity contribution is 5.64. The third-order valence-electron chi connectivity index (χ3n) is 3.42. The molecule has 1 aromatic rings. The normalized spacial score (nSPS) is 15.6. The second kappa shape index (κ2) is 5.24. The lowest BCUT2D eigenvalue weighted by atomic mass is 9.95. The van der Waals surface area contributed by atoms with E-state index in [9.17, 15) is 0 Å². The van der Waals surface area contributed by atoms with Crippen LogP contribution in [-0.4, -0.2) is 5.60 Å². The molecule has 0 radical (unpaired) electrons. The molecule has 1 aliphatic heterocycles. The SMILES string of the molecule is CCc1cc2c(c(CC=C(C)C)c1)OC(C)(C)C=C2. The summed E-state index contributed by atoms with van der Waals surface area (Å²) in [6.07, 6.45) is 8.61. The van der Waals surface area contributed by atoms with E-state index in [0.717, 1.165) is 18.6 Å². The van der Waals surface area contributed by atoms with Gasteiger partial charge in [0.15, 0.2) is 0 Å². The molecule has 0 aliphatic carbocycles. The van der Waals surface area contributed by atoms with Crippen molar-refractivity contribution in [3.63, 3.8) is 0 Å². The zero-order chi connectivity index (χ0) is 14.0. The minimum Gasteiger partial charge on any atom is -0.483 e. The minimum atomic E-state index is -0.208. The highest BCUT2D eigenvalue weighted by atomic mass is 16.5. The molecule has 0 amide bonds. The first-order valence-electron chi connectivity index (χ1n) is 7.08. The molecule has 0 atom stereocenters. The van der Waals surface area contributed by atoms with E-state index in [1.54, 1.807) is 0 Å². The van der Waals surface area contributed by atoms with Crippen LogP contribution in [0.3, 0.4) is 0 Å². The van der Waals surface area contributed by atoms with Gasteiger partial charge in [-0.05, 0) is 63.8 Å². The standard InChI is InChI=1S/C18H24O/c1-6-14-11-15(8-7-13(2)3)17-16(12-14)9-10-18(4,5)19-17/h7,9-12H,6,8H2,1-5H3. The van der Waals surface area contributed by atoms with E-state index in [1.807, 2.05) is 0 Å². The number of hydrogen-bond donors (Lipinski definition) is 0. The molecule has 0 N–H and O–H groups in total. The smallest absolute Gasteiger partial charge is 0.131 e. The van der Waals surface area contributed by atoms with Crippen LogP contribution in [0.1, 0.15) is 51.3 Å². The first kappa shape index (κ1) is 13.9. The Kier molecular flexibility index (Phi) is 3.84. The summed E-state index contributed by atoms with van der Waals surface area (Å²) in [7, 11) is 0. The monoisotopic (exact) mass is 256 g/mol. The van der Waals surface area contributed by atoms with Gasteiger partial charge in [-0.2, -0.15) is 0 Å². The summed E-state index contributed by atoms with van der Waals surface area (Å²) in [5.74, 6) is 1.06. The lowest BCUT2D eigenvalue weighted by molar-refractivity contribution is 0.157. The average molecular weight is 256 g/mol. The number of ether oxygens (including phenoxy) is 1. The van der Waals surface area contributed by atoms with Crippen LogP contribution in [0.25, 0.3) is 6.08 Å². The van der Waals surface area contributed by atoms with Crippen molar-refractivity contribution in [3.8, 4) is 5.75 Å². The first-order valence-corrected chi connectivity index (χ1v) is 7.08. The van der Waals surface area contributed by atoms with Gasteiger partial charge in [0.05, 0.1) is 0 Å². The van der Waals surface area contributed by atoms with Gasteiger partial charge in [-0.1, -0.05) is 30.7 Å². The molecule has 19 heavy (non-hydrogen) atoms. The molecule has 0 unspecified atom stereocenters. The zero-order valence-corrected chi connectivity index (χ0v) is 12.7. The van der Waals surface area contributed by atoms with Crippen LogP contribution >= 0.6 is 0 Å². The molecule has 0 fully saturated rings. The Morgan fingerprint density at radius 3 is 2.63 bits per heavy atom. The molecule has 0 saturated carbocycles. The third kappa shape index (κ3) is 3.28. The molecule has 0 saturated heterocycles. The van der Waals surface area contributed by atoms with Gasteiger partial charge in [0, 0.05) is 5.56 Å². The number of fused-ring (bicyclic) bond motifs is 1. The minimum absolute atomic E-state index is 0.208. The highest BCUT2D eigenvalue weighted by Gasteiger charge is 2.23. The van der Waals surface area contributed by atoms with Gasteiger partial charge < -0.3 is 4.74 Å². The summed E-state index contributed by atoms with van der Waals surface area (Å²) >= 11 is 0. The average Bonchev–Trinajstić information content (AvgIpc) is 2.35. The van der Waals surface area contributed by atoms with Crippen molar-refractivity contribution in [2.45, 2.75) is 53.1 Å². The third-order valence-corrected chi connectivity index (χ3v) is 3.42. The summed E-state index contributed by atoms with van der Waals surface area (Å²) in [4.78, 5) is 0. The van der Waals surface area contributed by atoms with Gasteiger partial charge in [0.2, 0.25) is 0 Å². The maximum absolute atomic E-state index is 6.17. The van der Waals surface area contributed by atoms with Crippen molar-refractivity contribution < 1.29 is 4.74 Å². The van der Waals surface area contributed by atoms with Crippen LogP contribution in [0.4, 0.5) is 0 Å². The molecule has 1 heterocycles. The fourth-order valence-electron chi connectivity index (χ4n) is 2.29. The Balaban J connectivity index is 2.47. The molecule has 102 valence electrons. The van der Waals surface area contributed by atoms with Crippen molar-refractivity contribution in [1.29, 1.82) is 0 Å². The van der Waals surface area contributed by atoms with Crippen LogP contribution < -0.4 is 4.74 Å². The van der Waals surface area contributed by atoms with E-state index in [0.29, 0.717) is 0 Å². The van der Waals surface area contributed by atoms with E-state index >= 15 is 0 Å². The molecule has 1 heteroatoms. The summed E-state index contributed by atoms with van der Waals surface area (Å²) in [5, 5.41) is 0. The molecule has 1 aliphatic rings. The molecule has 1 aromatic carbocycles. The predicted molar refractivity (Wildman–Crippen MR) is 82.7 cm³/mol. The Labute approximate surface area is 117 Å². The van der Waals surface area contributed by atoms with Crippen molar-refractivity contribution in [3.05, 3.63) is 46.5 Å². The molecule has 0 aromatic heterocycles. The van der Waals surface area contributed by atoms with Crippen LogP contribution in [-0.2, 0) is 12.8 Å². The fourth-order valence-corrected chi connectivity index (χ4v) is 2.29. The summed E-state index contributed by atoms with van der Waals surface area (Å²) < 4.78 is 6.17. The number of benzene rings is 1. The molecular weight excluding hydrogens is 232 g/mol. The zero-order valence-electron chi connectivity index (χ0n) is 12.7. The first-order chi connectivity index (χ1) is 8.91. The van der Waals surface area contributed by atoms with E-state index in [4.69, 9.17) is 4.74 Å². The van der Waals surface area contributed by atoms with E-state index in [-0.39, 0.29) is 5.60 Å². The molecule has 0 spiro atoms. The van der Waals surface area contributed by atoms with Crippen LogP contribution in [0.15, 0.2) is 29.9 Å². The van der Waals surface area contributed by atoms with Gasteiger partial charge in [0.25, 0.3) is 0 Å². The maximum Gasteiger partial charge on any atom is 0.131 e. The van der Waals surface area contributed by atoms with Gasteiger partial charge in [-0.15, -0.1) is 0 Å². The molecular formula is C18H24O. The van der Waals surface area contributed by atoms with Crippen molar-refractivity contribution >= 4 is 6.08 Å². The lowest BCUT2D eigenvalue weighted by Crippen LogP contribution is -2.28. The van der Waals surface area contributed by atoms with E-state index in [1.165, 1.54) is 22.3 Å². The van der Waals surface area contributed by atoms with Crippen LogP contribution in [0.5, 0.6) is 5.75 Å². The number of aryl methyl sites for hydroxylation is 1. The van der Waals surface area contributed by atoms with Gasteiger partial charge >= 0.3 is 0 Å². The summed E-state index contributed by atoms with van der Waals surface area (Å²) in [6.45, 7) is 10.7. The molecule has 0 bridgehead atoms. The summed E-state index contributed by atoms with van der Waals surface area (Å²) in [6, 6.07) is 4.53. The predicted octanol–water partition coefficient (Wildman–Crippen LogP) is 4.94. The second-order valence-electron chi connectivity index (χ2n) is 6.05. The van der Waals surface area contributed by atoms with Crippen molar-refractivity contribution in [2.24, 2.45) is 0 Å². The quantitative estimate of drug-likeness (QED) is 0.696. The van der Waals surface area contributed by atoms with Crippen LogP contribution in [0.2, 0.25) is 0 Å². The largest absolute Gasteiger partial charge is 0.483 e. The Morgan fingerprint density at radius 2 is 2.00 bits per heavy atom. The van der Waals surface area contributed by atoms with Gasteiger partial charge in [-0.3, -0.25) is 0 Å². The van der Waals surface area contributed by atoms with Crippen molar-refractivity contribution in [2.75, 3.05) is 0 Å².